The zero-order chi connectivity index (χ0) is 17.0. The molecular formula is C14H20Cl3N3O3S. The van der Waals surface area contributed by atoms with Crippen molar-refractivity contribution in [1.29, 1.82) is 0 Å². The molecule has 24 heavy (non-hydrogen) atoms. The fraction of sp³-hybridized carbons (Fsp3) is 0.500. The summed E-state index contributed by atoms with van der Waals surface area (Å²) in [5.41, 5.74) is 0. The number of nitrogens with zero attached hydrogens (tertiary/aromatic N) is 2. The van der Waals surface area contributed by atoms with Gasteiger partial charge >= 0.3 is 0 Å². The van der Waals surface area contributed by atoms with Gasteiger partial charge in [-0.25, -0.2) is 8.42 Å². The number of nitrogens with one attached hydrogen (secondary N) is 1. The van der Waals surface area contributed by atoms with Crippen molar-refractivity contribution in [3.8, 4) is 0 Å². The lowest BCUT2D eigenvalue weighted by Gasteiger charge is -2.34. The van der Waals surface area contributed by atoms with Gasteiger partial charge in [0.2, 0.25) is 15.9 Å². The van der Waals surface area contributed by atoms with E-state index in [4.69, 9.17) is 23.2 Å². The number of hydrogen-bond donors (Lipinski definition) is 1. The minimum absolute atomic E-state index is 0. The van der Waals surface area contributed by atoms with Gasteiger partial charge in [-0.2, -0.15) is 4.31 Å². The summed E-state index contributed by atoms with van der Waals surface area (Å²) in [6.45, 7) is 1.94. The molecule has 1 N–H and O–H groups in total. The van der Waals surface area contributed by atoms with Crippen molar-refractivity contribution in [1.82, 2.24) is 14.5 Å². The van der Waals surface area contributed by atoms with Crippen molar-refractivity contribution in [2.24, 2.45) is 0 Å². The molecule has 6 nitrogen and oxygen atoms in total. The lowest BCUT2D eigenvalue weighted by atomic mass is 10.3. The molecule has 0 bridgehead atoms. The maximum Gasteiger partial charge on any atom is 0.243 e. The van der Waals surface area contributed by atoms with Gasteiger partial charge in [0.05, 0.1) is 14.9 Å². The number of carbonyl (C=O) groups is 1. The van der Waals surface area contributed by atoms with Crippen LogP contribution in [0.1, 0.15) is 6.42 Å². The number of carbonyl (C=O) groups excluding carboxylic acids is 1. The van der Waals surface area contributed by atoms with Gasteiger partial charge in [-0.3, -0.25) is 4.79 Å². The van der Waals surface area contributed by atoms with Crippen LogP contribution >= 0.6 is 35.6 Å². The van der Waals surface area contributed by atoms with Crippen molar-refractivity contribution >= 4 is 51.5 Å². The van der Waals surface area contributed by atoms with E-state index in [1.165, 1.54) is 22.5 Å². The summed E-state index contributed by atoms with van der Waals surface area (Å²) in [7, 11) is -1.84. The van der Waals surface area contributed by atoms with Gasteiger partial charge in [-0.15, -0.1) is 12.4 Å². The minimum atomic E-state index is -3.63. The first-order valence-corrected chi connectivity index (χ1v) is 9.43. The van der Waals surface area contributed by atoms with Crippen LogP contribution in [0.5, 0.6) is 0 Å². The highest BCUT2D eigenvalue weighted by Gasteiger charge is 2.30. The number of benzene rings is 1. The predicted molar refractivity (Wildman–Crippen MR) is 97.6 cm³/mol. The molecule has 0 saturated carbocycles. The maximum atomic E-state index is 12.6. The Kier molecular flexibility index (Phi) is 8.25. The highest BCUT2D eigenvalue weighted by molar-refractivity contribution is 7.89. The summed E-state index contributed by atoms with van der Waals surface area (Å²) < 4.78 is 26.6. The quantitative estimate of drug-likeness (QED) is 0.795. The van der Waals surface area contributed by atoms with Crippen molar-refractivity contribution in [3.05, 3.63) is 28.2 Å². The zero-order valence-corrected chi connectivity index (χ0v) is 16.3. The second-order valence-corrected chi connectivity index (χ2v) is 7.97. The average Bonchev–Trinajstić information content (AvgIpc) is 2.55. The molecule has 10 heteroatoms. The lowest BCUT2D eigenvalue weighted by molar-refractivity contribution is -0.132. The van der Waals surface area contributed by atoms with Crippen molar-refractivity contribution < 1.29 is 13.2 Å². The van der Waals surface area contributed by atoms with Gasteiger partial charge in [0, 0.05) is 39.1 Å². The van der Waals surface area contributed by atoms with Crippen LogP contribution in [0, 0.1) is 0 Å². The fourth-order valence-electron chi connectivity index (χ4n) is 2.35. The number of rotatable bonds is 5. The van der Waals surface area contributed by atoms with Gasteiger partial charge < -0.3 is 10.2 Å². The molecule has 0 atom stereocenters. The smallest absolute Gasteiger partial charge is 0.243 e. The first-order valence-electron chi connectivity index (χ1n) is 7.24. The molecule has 1 aromatic carbocycles. The summed E-state index contributed by atoms with van der Waals surface area (Å²) in [5, 5.41) is 3.44. The Bertz CT molecular complexity index is 677. The van der Waals surface area contributed by atoms with Crippen molar-refractivity contribution in [2.75, 3.05) is 39.8 Å². The van der Waals surface area contributed by atoms with E-state index in [1.54, 1.807) is 11.9 Å². The van der Waals surface area contributed by atoms with Crippen LogP contribution in [0.4, 0.5) is 0 Å². The van der Waals surface area contributed by atoms with Gasteiger partial charge in [0.25, 0.3) is 0 Å². The summed E-state index contributed by atoms with van der Waals surface area (Å²) in [5.74, 6) is 0.0333. The van der Waals surface area contributed by atoms with Crippen LogP contribution < -0.4 is 5.32 Å². The fourth-order valence-corrected chi connectivity index (χ4v) is 4.17. The standard InChI is InChI=1S/C14H19Cl2N3O3S.ClH/c1-17-5-4-14(20)18-6-8-19(9-7-18)23(21,22)11-2-3-12(15)13(16)10-11;/h2-3,10,17H,4-9H2,1H3;1H. The Hall–Kier alpha value is -0.570. The van der Waals surface area contributed by atoms with Gasteiger partial charge in [-0.1, -0.05) is 23.2 Å². The van der Waals surface area contributed by atoms with E-state index in [0.717, 1.165) is 0 Å². The molecule has 136 valence electrons. The van der Waals surface area contributed by atoms with Gasteiger partial charge in [0.15, 0.2) is 0 Å². The maximum absolute atomic E-state index is 12.6. The van der Waals surface area contributed by atoms with Crippen LogP contribution in [0.25, 0.3) is 0 Å². The molecule has 1 heterocycles. The van der Waals surface area contributed by atoms with Gasteiger partial charge in [0.1, 0.15) is 0 Å². The predicted octanol–water partition coefficient (Wildman–Crippen LogP) is 1.86. The molecule has 0 unspecified atom stereocenters. The number of sulfonamides is 1. The molecular weight excluding hydrogens is 397 g/mol. The summed E-state index contributed by atoms with van der Waals surface area (Å²) >= 11 is 11.7. The molecule has 1 aliphatic heterocycles. The second kappa shape index (κ2) is 9.22. The molecule has 1 fully saturated rings. The first-order chi connectivity index (χ1) is 10.9. The van der Waals surface area contributed by atoms with Crippen LogP contribution in [0.3, 0.4) is 0 Å². The topological polar surface area (TPSA) is 69.7 Å². The highest BCUT2D eigenvalue weighted by Crippen LogP contribution is 2.27. The molecule has 0 spiro atoms. The molecule has 1 amide bonds. The Labute approximate surface area is 158 Å². The van der Waals surface area contributed by atoms with Crippen LogP contribution in [0.2, 0.25) is 10.0 Å². The minimum Gasteiger partial charge on any atom is -0.340 e. The van der Waals surface area contributed by atoms with E-state index in [-0.39, 0.29) is 41.3 Å². The van der Waals surface area contributed by atoms with Crippen molar-refractivity contribution in [2.45, 2.75) is 11.3 Å². The number of halogens is 3. The molecule has 0 aliphatic carbocycles. The Morgan fingerprint density at radius 2 is 1.79 bits per heavy atom. The Balaban J connectivity index is 0.00000288. The number of piperazine rings is 1. The van der Waals surface area contributed by atoms with E-state index in [0.29, 0.717) is 31.1 Å². The molecule has 1 aromatic rings. The van der Waals surface area contributed by atoms with Gasteiger partial charge in [-0.05, 0) is 25.2 Å². The average molecular weight is 417 g/mol. The number of hydrogen-bond acceptors (Lipinski definition) is 4. The third-order valence-corrected chi connectivity index (χ3v) is 6.34. The first kappa shape index (κ1) is 21.5. The summed E-state index contributed by atoms with van der Waals surface area (Å²) in [6.07, 6.45) is 0.413. The largest absolute Gasteiger partial charge is 0.340 e. The summed E-state index contributed by atoms with van der Waals surface area (Å²) in [4.78, 5) is 13.8. The Morgan fingerprint density at radius 3 is 2.33 bits per heavy atom. The van der Waals surface area contributed by atoms with E-state index >= 15 is 0 Å². The van der Waals surface area contributed by atoms with E-state index in [2.05, 4.69) is 5.32 Å². The molecule has 0 radical (unpaired) electrons. The van der Waals surface area contributed by atoms with Crippen LogP contribution in [-0.2, 0) is 14.8 Å². The van der Waals surface area contributed by atoms with E-state index in [9.17, 15) is 13.2 Å². The summed E-state index contributed by atoms with van der Waals surface area (Å²) in [6, 6.07) is 4.26. The van der Waals surface area contributed by atoms with Crippen LogP contribution in [-0.4, -0.2) is 63.3 Å². The molecule has 2 rings (SSSR count). The monoisotopic (exact) mass is 415 g/mol. The lowest BCUT2D eigenvalue weighted by Crippen LogP contribution is -2.50. The second-order valence-electron chi connectivity index (χ2n) is 5.21. The normalized spacial score (nSPS) is 15.9. The molecule has 0 aromatic heterocycles. The van der Waals surface area contributed by atoms with Crippen molar-refractivity contribution in [3.63, 3.8) is 0 Å². The van der Waals surface area contributed by atoms with Crippen LogP contribution in [0.15, 0.2) is 23.1 Å². The third kappa shape index (κ3) is 4.97. The highest BCUT2D eigenvalue weighted by atomic mass is 35.5. The number of amides is 1. The zero-order valence-electron chi connectivity index (χ0n) is 13.2. The van der Waals surface area contributed by atoms with E-state index in [1.807, 2.05) is 0 Å². The third-order valence-electron chi connectivity index (χ3n) is 3.71. The molecule has 1 saturated heterocycles. The molecule has 1 aliphatic rings. The SMILES string of the molecule is CNCCC(=O)N1CCN(S(=O)(=O)c2ccc(Cl)c(Cl)c2)CC1.Cl. The Morgan fingerprint density at radius 1 is 1.17 bits per heavy atom. The van der Waals surface area contributed by atoms with E-state index < -0.39 is 10.0 Å².